The molecule has 2 aromatic rings. The third-order valence-corrected chi connectivity index (χ3v) is 4.96. The van der Waals surface area contributed by atoms with Crippen molar-refractivity contribution < 1.29 is 4.79 Å². The number of nitrogens with one attached hydrogen (secondary N) is 1. The maximum Gasteiger partial charge on any atom is 0.323 e. The number of thiazole rings is 1. The highest BCUT2D eigenvalue weighted by atomic mass is 32.1. The SMILES string of the molecule is CN1C(=O)N(C)C2Nn3c(s/c(=C\c4ccccn4)c3=O)=NC21. The van der Waals surface area contributed by atoms with E-state index in [1.807, 2.05) is 18.2 Å². The van der Waals surface area contributed by atoms with Gasteiger partial charge in [0, 0.05) is 20.3 Å². The number of pyridine rings is 1. The topological polar surface area (TPSA) is 82.8 Å². The van der Waals surface area contributed by atoms with Crippen molar-refractivity contribution in [1.82, 2.24) is 19.5 Å². The summed E-state index contributed by atoms with van der Waals surface area (Å²) in [5.41, 5.74) is 3.62. The third-order valence-electron chi connectivity index (χ3n) is 3.98. The fraction of sp³-hybridized carbons (Fsp3) is 0.286. The summed E-state index contributed by atoms with van der Waals surface area (Å²) in [7, 11) is 3.40. The molecule has 2 aromatic heterocycles. The van der Waals surface area contributed by atoms with E-state index in [1.165, 1.54) is 16.0 Å². The van der Waals surface area contributed by atoms with Crippen LogP contribution >= 0.6 is 11.3 Å². The zero-order valence-electron chi connectivity index (χ0n) is 12.5. The van der Waals surface area contributed by atoms with Crippen molar-refractivity contribution in [3.63, 3.8) is 0 Å². The summed E-state index contributed by atoms with van der Waals surface area (Å²) < 4.78 is 1.95. The lowest BCUT2D eigenvalue weighted by molar-refractivity contribution is 0.200. The smallest absolute Gasteiger partial charge is 0.302 e. The van der Waals surface area contributed by atoms with Gasteiger partial charge in [-0.15, -0.1) is 0 Å². The van der Waals surface area contributed by atoms with E-state index >= 15 is 0 Å². The van der Waals surface area contributed by atoms with E-state index < -0.39 is 0 Å². The van der Waals surface area contributed by atoms with E-state index in [-0.39, 0.29) is 23.9 Å². The summed E-state index contributed by atoms with van der Waals surface area (Å²) in [6.45, 7) is 0. The molecule has 1 N–H and O–H groups in total. The van der Waals surface area contributed by atoms with Gasteiger partial charge in [-0.25, -0.2) is 9.79 Å². The van der Waals surface area contributed by atoms with Crippen LogP contribution in [0.25, 0.3) is 6.08 Å². The summed E-state index contributed by atoms with van der Waals surface area (Å²) in [4.78, 5) is 37.0. The molecule has 8 nitrogen and oxygen atoms in total. The van der Waals surface area contributed by atoms with Crippen LogP contribution in [0.3, 0.4) is 0 Å². The number of rotatable bonds is 1. The number of hydrogen-bond donors (Lipinski definition) is 1. The van der Waals surface area contributed by atoms with Gasteiger partial charge in [-0.05, 0) is 18.2 Å². The van der Waals surface area contributed by atoms with Gasteiger partial charge in [-0.3, -0.25) is 15.2 Å². The van der Waals surface area contributed by atoms with Crippen LogP contribution in [-0.4, -0.2) is 51.9 Å². The van der Waals surface area contributed by atoms with Crippen molar-refractivity contribution >= 4 is 23.4 Å². The number of amides is 2. The maximum absolute atomic E-state index is 12.6. The number of hydrogen-bond acceptors (Lipinski definition) is 6. The fourth-order valence-corrected chi connectivity index (χ4v) is 3.66. The van der Waals surface area contributed by atoms with Crippen LogP contribution in [-0.2, 0) is 0 Å². The van der Waals surface area contributed by atoms with Gasteiger partial charge in [-0.1, -0.05) is 17.4 Å². The van der Waals surface area contributed by atoms with Crippen LogP contribution in [0.4, 0.5) is 4.79 Å². The monoisotopic (exact) mass is 330 g/mol. The first-order valence-corrected chi connectivity index (χ1v) is 7.86. The third kappa shape index (κ3) is 2.04. The molecular weight excluding hydrogens is 316 g/mol. The van der Waals surface area contributed by atoms with Crippen LogP contribution in [0.1, 0.15) is 5.69 Å². The largest absolute Gasteiger partial charge is 0.323 e. The van der Waals surface area contributed by atoms with Crippen molar-refractivity contribution in [2.45, 2.75) is 12.3 Å². The van der Waals surface area contributed by atoms with E-state index in [9.17, 15) is 9.59 Å². The molecule has 23 heavy (non-hydrogen) atoms. The zero-order valence-corrected chi connectivity index (χ0v) is 13.3. The molecule has 2 atom stereocenters. The van der Waals surface area contributed by atoms with Crippen LogP contribution in [0.2, 0.25) is 0 Å². The molecular formula is C14H14N6O2S. The van der Waals surface area contributed by atoms with Crippen molar-refractivity contribution in [1.29, 1.82) is 0 Å². The van der Waals surface area contributed by atoms with E-state index in [0.29, 0.717) is 15.0 Å². The number of likely N-dealkylation sites (N-methyl/N-ethyl adjacent to an activating group) is 2. The number of carbonyl (C=O) groups is 1. The number of aromatic nitrogens is 2. The molecule has 118 valence electrons. The van der Waals surface area contributed by atoms with Gasteiger partial charge in [0.15, 0.2) is 12.3 Å². The molecule has 1 fully saturated rings. The van der Waals surface area contributed by atoms with Gasteiger partial charge in [-0.2, -0.15) is 4.68 Å². The minimum Gasteiger partial charge on any atom is -0.302 e. The first kappa shape index (κ1) is 13.9. The lowest BCUT2D eigenvalue weighted by atomic mass is 10.3. The van der Waals surface area contributed by atoms with Crippen molar-refractivity contribution in [2.75, 3.05) is 19.5 Å². The minimum atomic E-state index is -0.352. The number of urea groups is 1. The van der Waals surface area contributed by atoms with Crippen LogP contribution in [0, 0.1) is 0 Å². The molecule has 0 spiro atoms. The van der Waals surface area contributed by atoms with Crippen molar-refractivity contribution in [3.05, 3.63) is 49.8 Å². The van der Waals surface area contributed by atoms with Crippen molar-refractivity contribution in [2.24, 2.45) is 4.99 Å². The van der Waals surface area contributed by atoms with Crippen LogP contribution in [0.5, 0.6) is 0 Å². The lowest BCUT2D eigenvalue weighted by Gasteiger charge is -2.26. The minimum absolute atomic E-state index is 0.125. The van der Waals surface area contributed by atoms with Crippen molar-refractivity contribution in [3.8, 4) is 0 Å². The first-order valence-electron chi connectivity index (χ1n) is 7.05. The molecule has 4 rings (SSSR count). The Morgan fingerprint density at radius 3 is 2.83 bits per heavy atom. The van der Waals surface area contributed by atoms with E-state index in [4.69, 9.17) is 0 Å². The molecule has 0 bridgehead atoms. The molecule has 0 aliphatic carbocycles. The second-order valence-electron chi connectivity index (χ2n) is 5.41. The lowest BCUT2D eigenvalue weighted by Crippen LogP contribution is -2.54. The Bertz CT molecular complexity index is 950. The van der Waals surface area contributed by atoms with Crippen LogP contribution < -0.4 is 20.3 Å². The Hall–Kier alpha value is -2.68. The zero-order chi connectivity index (χ0) is 16.1. The van der Waals surface area contributed by atoms with E-state index in [2.05, 4.69) is 15.4 Å². The van der Waals surface area contributed by atoms with Gasteiger partial charge >= 0.3 is 6.03 Å². The Morgan fingerprint density at radius 1 is 1.26 bits per heavy atom. The summed E-state index contributed by atoms with van der Waals surface area (Å²) in [6, 6.07) is 5.40. The molecule has 2 aliphatic rings. The molecule has 0 aromatic carbocycles. The standard InChI is InChI=1S/C14H14N6O2S/c1-18-10-11(19(2)14(18)22)17-20-12(21)9(23-13(20)16-10)7-8-5-3-4-6-15-8/h3-7,10-11,17H,1-2H3/b9-7-. The van der Waals surface area contributed by atoms with Crippen LogP contribution in [0.15, 0.2) is 34.2 Å². The highest BCUT2D eigenvalue weighted by Crippen LogP contribution is 2.20. The summed E-state index contributed by atoms with van der Waals surface area (Å²) in [5.74, 6) is 0. The number of fused-ring (bicyclic) bond motifs is 2. The molecule has 9 heteroatoms. The Labute approximate surface area is 135 Å². The second-order valence-corrected chi connectivity index (χ2v) is 6.42. The van der Waals surface area contributed by atoms with E-state index in [0.717, 1.165) is 0 Å². The normalized spacial score (nSPS) is 23.4. The second kappa shape index (κ2) is 4.92. The highest BCUT2D eigenvalue weighted by molar-refractivity contribution is 7.07. The molecule has 0 saturated carbocycles. The summed E-state index contributed by atoms with van der Waals surface area (Å²) in [6.07, 6.45) is 2.73. The quantitative estimate of drug-likeness (QED) is 0.724. The first-order chi connectivity index (χ1) is 11.1. The summed E-state index contributed by atoms with van der Waals surface area (Å²) in [5, 5.41) is 0. The van der Waals surface area contributed by atoms with E-state index in [1.54, 1.807) is 36.2 Å². The Kier molecular flexibility index (Phi) is 2.98. The molecule has 4 heterocycles. The summed E-state index contributed by atoms with van der Waals surface area (Å²) >= 11 is 1.28. The van der Waals surface area contributed by atoms with Gasteiger partial charge < -0.3 is 9.80 Å². The Balaban J connectivity index is 1.84. The van der Waals surface area contributed by atoms with Gasteiger partial charge in [0.25, 0.3) is 5.56 Å². The van der Waals surface area contributed by atoms with Gasteiger partial charge in [0.1, 0.15) is 4.53 Å². The fourth-order valence-electron chi connectivity index (χ4n) is 2.72. The van der Waals surface area contributed by atoms with Gasteiger partial charge in [0.05, 0.1) is 5.69 Å². The molecule has 1 saturated heterocycles. The average molecular weight is 330 g/mol. The number of nitrogens with zero attached hydrogens (tertiary/aromatic N) is 5. The average Bonchev–Trinajstić information content (AvgIpc) is 2.97. The predicted molar refractivity (Wildman–Crippen MR) is 85.0 cm³/mol. The molecule has 2 amide bonds. The molecule has 0 radical (unpaired) electrons. The Morgan fingerprint density at radius 2 is 2.09 bits per heavy atom. The predicted octanol–water partition coefficient (Wildman–Crippen LogP) is -1.04. The molecule has 2 unspecified atom stereocenters. The molecule has 2 aliphatic heterocycles. The number of carbonyl (C=O) groups excluding carboxylic acids is 1. The highest BCUT2D eigenvalue weighted by Gasteiger charge is 2.44. The van der Waals surface area contributed by atoms with Gasteiger partial charge in [0.2, 0.25) is 4.80 Å². The maximum atomic E-state index is 12.6.